The van der Waals surface area contributed by atoms with E-state index in [0.717, 1.165) is 18.4 Å². The molecule has 0 aromatic carbocycles. The molecule has 1 aliphatic heterocycles. The minimum absolute atomic E-state index is 0.694. The smallest absolute Gasteiger partial charge is 0.0242 e. The number of nitrogens with zero attached hydrogens (tertiary/aromatic N) is 1. The van der Waals surface area contributed by atoms with Gasteiger partial charge in [0.2, 0.25) is 0 Å². The molecule has 0 radical (unpaired) electrons. The van der Waals surface area contributed by atoms with E-state index in [4.69, 9.17) is 0 Å². The third-order valence-electron chi connectivity index (χ3n) is 4.07. The molecule has 2 atom stereocenters. The van der Waals surface area contributed by atoms with Gasteiger partial charge in [-0.15, -0.1) is 0 Å². The van der Waals surface area contributed by atoms with Gasteiger partial charge in [0.1, 0.15) is 0 Å². The van der Waals surface area contributed by atoms with Crippen molar-refractivity contribution >= 4 is 11.8 Å². The highest BCUT2D eigenvalue weighted by Gasteiger charge is 2.21. The molecule has 0 bridgehead atoms. The largest absolute Gasteiger partial charge is 0.315 e. The van der Waals surface area contributed by atoms with E-state index < -0.39 is 0 Å². The highest BCUT2D eigenvalue weighted by molar-refractivity contribution is 7.99. The molecule has 0 saturated carbocycles. The average molecular weight is 258 g/mol. The summed E-state index contributed by atoms with van der Waals surface area (Å²) in [6, 6.07) is 0.694. The summed E-state index contributed by atoms with van der Waals surface area (Å²) in [4.78, 5) is 2.40. The van der Waals surface area contributed by atoms with E-state index in [1.54, 1.807) is 0 Å². The van der Waals surface area contributed by atoms with Crippen molar-refractivity contribution in [3.05, 3.63) is 0 Å². The van der Waals surface area contributed by atoms with Crippen molar-refractivity contribution in [3.63, 3.8) is 0 Å². The number of likely N-dealkylation sites (N-methyl/N-ethyl adjacent to an activating group) is 1. The first-order valence-electron chi connectivity index (χ1n) is 7.13. The fourth-order valence-corrected chi connectivity index (χ4v) is 4.07. The van der Waals surface area contributed by atoms with Crippen LogP contribution in [-0.2, 0) is 0 Å². The second kappa shape index (κ2) is 8.39. The van der Waals surface area contributed by atoms with E-state index in [2.05, 4.69) is 49.9 Å². The topological polar surface area (TPSA) is 15.3 Å². The van der Waals surface area contributed by atoms with Crippen molar-refractivity contribution in [2.75, 3.05) is 38.7 Å². The second-order valence-electron chi connectivity index (χ2n) is 5.50. The first-order valence-corrected chi connectivity index (χ1v) is 8.29. The maximum atomic E-state index is 3.70. The van der Waals surface area contributed by atoms with Crippen LogP contribution >= 0.6 is 11.8 Å². The Morgan fingerprint density at radius 2 is 2.00 bits per heavy atom. The lowest BCUT2D eigenvalue weighted by Crippen LogP contribution is -2.44. The highest BCUT2D eigenvalue weighted by Crippen LogP contribution is 2.22. The van der Waals surface area contributed by atoms with E-state index in [9.17, 15) is 0 Å². The zero-order valence-electron chi connectivity index (χ0n) is 12.0. The Hall–Kier alpha value is 0.270. The molecule has 0 spiro atoms. The van der Waals surface area contributed by atoms with Gasteiger partial charge in [0, 0.05) is 12.6 Å². The molecule has 0 aliphatic carbocycles. The molecule has 1 N–H and O–H groups in total. The fourth-order valence-electron chi connectivity index (χ4n) is 2.78. The molecule has 1 rings (SSSR count). The molecule has 2 nitrogen and oxygen atoms in total. The van der Waals surface area contributed by atoms with Crippen LogP contribution in [0.25, 0.3) is 0 Å². The lowest BCUT2D eigenvalue weighted by Gasteiger charge is -2.32. The van der Waals surface area contributed by atoms with Crippen molar-refractivity contribution in [2.45, 2.75) is 39.2 Å². The molecule has 1 aliphatic rings. The van der Waals surface area contributed by atoms with Gasteiger partial charge in [0.15, 0.2) is 0 Å². The molecule has 3 heteroatoms. The lowest BCUT2D eigenvalue weighted by molar-refractivity contribution is 0.192. The first-order chi connectivity index (χ1) is 8.19. The zero-order chi connectivity index (χ0) is 12.7. The Bertz CT molecular complexity index is 187. The first kappa shape index (κ1) is 15.3. The Morgan fingerprint density at radius 3 is 2.47 bits per heavy atom. The maximum absolute atomic E-state index is 3.70. The van der Waals surface area contributed by atoms with Gasteiger partial charge in [-0.2, -0.15) is 11.8 Å². The van der Waals surface area contributed by atoms with Gasteiger partial charge in [-0.3, -0.25) is 0 Å². The second-order valence-corrected chi connectivity index (χ2v) is 6.65. The van der Waals surface area contributed by atoms with Crippen LogP contribution in [0.1, 0.15) is 33.1 Å². The van der Waals surface area contributed by atoms with E-state index in [1.807, 2.05) is 0 Å². The summed E-state index contributed by atoms with van der Waals surface area (Å²) in [5.41, 5.74) is 0. The van der Waals surface area contributed by atoms with Crippen LogP contribution in [0.2, 0.25) is 0 Å². The molecule has 2 unspecified atom stereocenters. The van der Waals surface area contributed by atoms with Crippen LogP contribution in [0, 0.1) is 11.8 Å². The van der Waals surface area contributed by atoms with Gasteiger partial charge < -0.3 is 10.2 Å². The predicted molar refractivity (Wildman–Crippen MR) is 79.8 cm³/mol. The summed E-state index contributed by atoms with van der Waals surface area (Å²) >= 11 is 2.11. The molecule has 1 saturated heterocycles. The van der Waals surface area contributed by atoms with E-state index >= 15 is 0 Å². The van der Waals surface area contributed by atoms with Gasteiger partial charge in [-0.1, -0.05) is 26.7 Å². The summed E-state index contributed by atoms with van der Waals surface area (Å²) in [5, 5.41) is 3.70. The van der Waals surface area contributed by atoms with Gasteiger partial charge in [0.05, 0.1) is 0 Å². The molecule has 0 aromatic heterocycles. The SMILES string of the molecule is CCC(CC)C(CNCC1CCSC1)N(C)C. The van der Waals surface area contributed by atoms with Crippen LogP contribution in [0.3, 0.4) is 0 Å². The summed E-state index contributed by atoms with van der Waals surface area (Å²) in [6.07, 6.45) is 4.00. The van der Waals surface area contributed by atoms with Crippen molar-refractivity contribution in [1.82, 2.24) is 10.2 Å². The van der Waals surface area contributed by atoms with E-state index in [-0.39, 0.29) is 0 Å². The summed E-state index contributed by atoms with van der Waals surface area (Å²) in [5.74, 6) is 4.49. The summed E-state index contributed by atoms with van der Waals surface area (Å²) < 4.78 is 0. The molecule has 0 amide bonds. The molecule has 17 heavy (non-hydrogen) atoms. The van der Waals surface area contributed by atoms with Gasteiger partial charge in [-0.05, 0) is 50.4 Å². The number of nitrogens with one attached hydrogen (secondary N) is 1. The van der Waals surface area contributed by atoms with Crippen molar-refractivity contribution < 1.29 is 0 Å². The van der Waals surface area contributed by atoms with E-state index in [1.165, 1.54) is 37.3 Å². The quantitative estimate of drug-likeness (QED) is 0.721. The minimum atomic E-state index is 0.694. The van der Waals surface area contributed by atoms with Crippen LogP contribution in [0.15, 0.2) is 0 Å². The summed E-state index contributed by atoms with van der Waals surface area (Å²) in [7, 11) is 4.44. The number of hydrogen-bond acceptors (Lipinski definition) is 3. The number of hydrogen-bond donors (Lipinski definition) is 1. The van der Waals surface area contributed by atoms with Crippen LogP contribution in [-0.4, -0.2) is 49.6 Å². The Labute approximate surface area is 112 Å². The van der Waals surface area contributed by atoms with Crippen LogP contribution < -0.4 is 5.32 Å². The van der Waals surface area contributed by atoms with Crippen LogP contribution in [0.5, 0.6) is 0 Å². The third-order valence-corrected chi connectivity index (χ3v) is 5.30. The molecular formula is C14H30N2S. The van der Waals surface area contributed by atoms with E-state index in [0.29, 0.717) is 6.04 Å². The lowest BCUT2D eigenvalue weighted by atomic mass is 9.93. The van der Waals surface area contributed by atoms with Gasteiger partial charge >= 0.3 is 0 Å². The monoisotopic (exact) mass is 258 g/mol. The Balaban J connectivity index is 2.28. The predicted octanol–water partition coefficient (Wildman–Crippen LogP) is 2.70. The fraction of sp³-hybridized carbons (Fsp3) is 1.00. The summed E-state index contributed by atoms with van der Waals surface area (Å²) in [6.45, 7) is 7.01. The number of rotatable bonds is 8. The molecule has 1 heterocycles. The molecular weight excluding hydrogens is 228 g/mol. The normalized spacial score (nSPS) is 22.6. The molecule has 0 aromatic rings. The van der Waals surface area contributed by atoms with Crippen LogP contribution in [0.4, 0.5) is 0 Å². The standard InChI is InChI=1S/C14H30N2S/c1-5-13(6-2)14(16(3)4)10-15-9-12-7-8-17-11-12/h12-15H,5-11H2,1-4H3. The Morgan fingerprint density at radius 1 is 1.29 bits per heavy atom. The van der Waals surface area contributed by atoms with Crippen molar-refractivity contribution in [3.8, 4) is 0 Å². The van der Waals surface area contributed by atoms with Crippen molar-refractivity contribution in [2.24, 2.45) is 11.8 Å². The van der Waals surface area contributed by atoms with Gasteiger partial charge in [0.25, 0.3) is 0 Å². The minimum Gasteiger partial charge on any atom is -0.315 e. The average Bonchev–Trinajstić information content (AvgIpc) is 2.81. The Kier molecular flexibility index (Phi) is 7.56. The zero-order valence-corrected chi connectivity index (χ0v) is 12.9. The van der Waals surface area contributed by atoms with Crippen molar-refractivity contribution in [1.29, 1.82) is 0 Å². The molecule has 1 fully saturated rings. The maximum Gasteiger partial charge on any atom is 0.0242 e. The number of thioether (sulfide) groups is 1. The highest BCUT2D eigenvalue weighted by atomic mass is 32.2. The van der Waals surface area contributed by atoms with Gasteiger partial charge in [-0.25, -0.2) is 0 Å². The molecule has 102 valence electrons. The third kappa shape index (κ3) is 5.19.